The van der Waals surface area contributed by atoms with Gasteiger partial charge in [0, 0.05) is 0 Å². The molecule has 5 heteroatoms. The number of carboxylic acid groups (broad SMARTS) is 1. The fourth-order valence-corrected chi connectivity index (χ4v) is 1.52. The van der Waals surface area contributed by atoms with E-state index in [0.717, 1.165) is 19.4 Å². The Kier molecular flexibility index (Phi) is 3.88. The van der Waals surface area contributed by atoms with Crippen LogP contribution in [0.1, 0.15) is 26.2 Å². The van der Waals surface area contributed by atoms with Gasteiger partial charge < -0.3 is 15.7 Å². The Morgan fingerprint density at radius 1 is 1.64 bits per heavy atom. The third kappa shape index (κ3) is 2.70. The van der Waals surface area contributed by atoms with Crippen LogP contribution >= 0.6 is 0 Å². The van der Waals surface area contributed by atoms with E-state index < -0.39 is 12.0 Å². The number of hydrogen-bond acceptors (Lipinski definition) is 3. The van der Waals surface area contributed by atoms with Crippen molar-refractivity contribution in [2.24, 2.45) is 0 Å². The van der Waals surface area contributed by atoms with Gasteiger partial charge in [0.2, 0.25) is 5.91 Å². The van der Waals surface area contributed by atoms with Crippen LogP contribution in [0.2, 0.25) is 0 Å². The van der Waals surface area contributed by atoms with Gasteiger partial charge in [0.25, 0.3) is 0 Å². The van der Waals surface area contributed by atoms with Gasteiger partial charge in [-0.15, -0.1) is 0 Å². The van der Waals surface area contributed by atoms with E-state index >= 15 is 0 Å². The summed E-state index contributed by atoms with van der Waals surface area (Å²) in [6, 6.07) is -0.965. The lowest BCUT2D eigenvalue weighted by molar-refractivity contribution is -0.142. The molecule has 0 bridgehead atoms. The average molecular weight is 200 g/mol. The molecule has 3 N–H and O–H groups in total. The first-order valence-electron chi connectivity index (χ1n) is 4.91. The van der Waals surface area contributed by atoms with E-state index in [1.54, 1.807) is 6.92 Å². The molecule has 0 aromatic rings. The van der Waals surface area contributed by atoms with Gasteiger partial charge in [0.1, 0.15) is 6.04 Å². The number of nitrogens with one attached hydrogen (secondary N) is 2. The molecule has 14 heavy (non-hydrogen) atoms. The van der Waals surface area contributed by atoms with E-state index in [1.165, 1.54) is 0 Å². The molecule has 0 radical (unpaired) electrons. The summed E-state index contributed by atoms with van der Waals surface area (Å²) in [5.41, 5.74) is 0. The fourth-order valence-electron chi connectivity index (χ4n) is 1.52. The zero-order valence-electron chi connectivity index (χ0n) is 8.25. The molecule has 1 heterocycles. The normalized spacial score (nSPS) is 23.1. The van der Waals surface area contributed by atoms with Crippen LogP contribution in [0.5, 0.6) is 0 Å². The molecular formula is C9H16N2O3. The molecule has 0 saturated carbocycles. The van der Waals surface area contributed by atoms with Crippen molar-refractivity contribution in [3.05, 3.63) is 0 Å². The van der Waals surface area contributed by atoms with Crippen LogP contribution in [0.4, 0.5) is 0 Å². The maximum atomic E-state index is 11.5. The summed E-state index contributed by atoms with van der Waals surface area (Å²) in [4.78, 5) is 22.1. The van der Waals surface area contributed by atoms with Gasteiger partial charge in [-0.05, 0) is 25.8 Å². The van der Waals surface area contributed by atoms with E-state index in [0.29, 0.717) is 6.42 Å². The number of rotatable bonds is 4. The summed E-state index contributed by atoms with van der Waals surface area (Å²) in [5.74, 6) is -1.17. The SMILES string of the molecule is CC[C@@H](NC(=O)C1CCCN1)C(=O)O. The quantitative estimate of drug-likeness (QED) is 0.583. The lowest BCUT2D eigenvalue weighted by Crippen LogP contribution is -2.47. The van der Waals surface area contributed by atoms with E-state index in [9.17, 15) is 9.59 Å². The van der Waals surface area contributed by atoms with Gasteiger partial charge in [0.05, 0.1) is 6.04 Å². The summed E-state index contributed by atoms with van der Waals surface area (Å²) < 4.78 is 0. The second-order valence-corrected chi connectivity index (χ2v) is 3.46. The summed E-state index contributed by atoms with van der Waals surface area (Å²) >= 11 is 0. The fraction of sp³-hybridized carbons (Fsp3) is 0.778. The van der Waals surface area contributed by atoms with E-state index in [1.807, 2.05) is 0 Å². The van der Waals surface area contributed by atoms with Crippen molar-refractivity contribution in [3.63, 3.8) is 0 Å². The molecule has 5 nitrogen and oxygen atoms in total. The van der Waals surface area contributed by atoms with Crippen molar-refractivity contribution in [3.8, 4) is 0 Å². The highest BCUT2D eigenvalue weighted by Crippen LogP contribution is 2.05. The number of hydrogen-bond donors (Lipinski definition) is 3. The van der Waals surface area contributed by atoms with Crippen LogP contribution < -0.4 is 10.6 Å². The largest absolute Gasteiger partial charge is 0.480 e. The van der Waals surface area contributed by atoms with Crippen molar-refractivity contribution < 1.29 is 14.7 Å². The molecular weight excluding hydrogens is 184 g/mol. The van der Waals surface area contributed by atoms with E-state index in [4.69, 9.17) is 5.11 Å². The van der Waals surface area contributed by atoms with Crippen LogP contribution in [-0.4, -0.2) is 35.6 Å². The second-order valence-electron chi connectivity index (χ2n) is 3.46. The van der Waals surface area contributed by atoms with Crippen LogP contribution in [0.25, 0.3) is 0 Å². The Bertz CT molecular complexity index is 224. The maximum Gasteiger partial charge on any atom is 0.326 e. The van der Waals surface area contributed by atoms with Gasteiger partial charge in [0.15, 0.2) is 0 Å². The number of amides is 1. The molecule has 0 spiro atoms. The van der Waals surface area contributed by atoms with Crippen LogP contribution in [0.15, 0.2) is 0 Å². The molecule has 80 valence electrons. The lowest BCUT2D eigenvalue weighted by atomic mass is 10.2. The molecule has 1 saturated heterocycles. The summed E-state index contributed by atoms with van der Waals surface area (Å²) in [7, 11) is 0. The highest BCUT2D eigenvalue weighted by atomic mass is 16.4. The van der Waals surface area contributed by atoms with Gasteiger partial charge in [-0.2, -0.15) is 0 Å². The summed E-state index contributed by atoms with van der Waals surface area (Å²) in [6.07, 6.45) is 2.18. The highest BCUT2D eigenvalue weighted by Gasteiger charge is 2.25. The van der Waals surface area contributed by atoms with Crippen molar-refractivity contribution in [1.82, 2.24) is 10.6 Å². The number of carboxylic acids is 1. The monoisotopic (exact) mass is 200 g/mol. The van der Waals surface area contributed by atoms with Gasteiger partial charge in [-0.1, -0.05) is 6.92 Å². The van der Waals surface area contributed by atoms with E-state index in [-0.39, 0.29) is 11.9 Å². The Balaban J connectivity index is 2.41. The maximum absolute atomic E-state index is 11.5. The Labute approximate surface area is 82.9 Å². The van der Waals surface area contributed by atoms with Gasteiger partial charge in [-0.25, -0.2) is 4.79 Å². The first kappa shape index (κ1) is 11.0. The zero-order valence-corrected chi connectivity index (χ0v) is 8.25. The van der Waals surface area contributed by atoms with Crippen molar-refractivity contribution >= 4 is 11.9 Å². The molecule has 0 aromatic heterocycles. The Morgan fingerprint density at radius 3 is 2.79 bits per heavy atom. The minimum Gasteiger partial charge on any atom is -0.480 e. The van der Waals surface area contributed by atoms with Gasteiger partial charge >= 0.3 is 5.97 Å². The smallest absolute Gasteiger partial charge is 0.326 e. The third-order valence-electron chi connectivity index (χ3n) is 2.40. The minimum atomic E-state index is -0.973. The predicted molar refractivity (Wildman–Crippen MR) is 50.9 cm³/mol. The number of carbonyl (C=O) groups is 2. The molecule has 1 aliphatic heterocycles. The van der Waals surface area contributed by atoms with Crippen molar-refractivity contribution in [2.75, 3.05) is 6.54 Å². The van der Waals surface area contributed by atoms with Gasteiger partial charge in [-0.3, -0.25) is 4.79 Å². The molecule has 1 aliphatic rings. The molecule has 0 aliphatic carbocycles. The molecule has 1 rings (SSSR count). The molecule has 1 fully saturated rings. The average Bonchev–Trinajstić information content (AvgIpc) is 2.65. The lowest BCUT2D eigenvalue weighted by Gasteiger charge is -2.15. The number of carbonyl (C=O) groups excluding carboxylic acids is 1. The second kappa shape index (κ2) is 4.95. The van der Waals surface area contributed by atoms with Crippen LogP contribution in [-0.2, 0) is 9.59 Å². The van der Waals surface area contributed by atoms with Crippen molar-refractivity contribution in [2.45, 2.75) is 38.3 Å². The van der Waals surface area contributed by atoms with E-state index in [2.05, 4.69) is 10.6 Å². The standard InChI is InChI=1S/C9H16N2O3/c1-2-6(9(13)14)11-8(12)7-4-3-5-10-7/h6-7,10H,2-5H2,1H3,(H,11,12)(H,13,14)/t6-,7?/m1/s1. The Morgan fingerprint density at radius 2 is 2.36 bits per heavy atom. The summed E-state index contributed by atoms with van der Waals surface area (Å²) in [6.45, 7) is 2.57. The Hall–Kier alpha value is -1.10. The van der Waals surface area contributed by atoms with Crippen LogP contribution in [0, 0.1) is 0 Å². The molecule has 2 atom stereocenters. The first-order valence-corrected chi connectivity index (χ1v) is 4.91. The van der Waals surface area contributed by atoms with Crippen LogP contribution in [0.3, 0.4) is 0 Å². The topological polar surface area (TPSA) is 78.4 Å². The van der Waals surface area contributed by atoms with Crippen molar-refractivity contribution in [1.29, 1.82) is 0 Å². The number of aliphatic carboxylic acids is 1. The molecule has 0 aromatic carbocycles. The predicted octanol–water partition coefficient (Wildman–Crippen LogP) is -0.282. The third-order valence-corrected chi connectivity index (χ3v) is 2.40. The minimum absolute atomic E-state index is 0.197. The molecule has 1 unspecified atom stereocenters. The molecule has 1 amide bonds. The zero-order chi connectivity index (χ0) is 10.6. The summed E-state index contributed by atoms with van der Waals surface area (Å²) in [5, 5.41) is 14.3. The highest BCUT2D eigenvalue weighted by molar-refractivity contribution is 5.87. The first-order chi connectivity index (χ1) is 6.65.